The third-order valence-electron chi connectivity index (χ3n) is 13.1. The molecule has 5 aliphatic carbocycles. The lowest BCUT2D eigenvalue weighted by atomic mass is 9.65. The summed E-state index contributed by atoms with van der Waals surface area (Å²) in [5.41, 5.74) is 0. The van der Waals surface area contributed by atoms with Crippen LogP contribution < -0.4 is 0 Å². The number of hydrogen-bond acceptors (Lipinski definition) is 0. The first-order valence-corrected chi connectivity index (χ1v) is 18.8. The first-order valence-electron chi connectivity index (χ1n) is 18.8. The summed E-state index contributed by atoms with van der Waals surface area (Å²) in [4.78, 5) is 0. The zero-order chi connectivity index (χ0) is 28.2. The van der Waals surface area contributed by atoms with Gasteiger partial charge in [0.25, 0.3) is 0 Å². The maximum absolute atomic E-state index is 2.46. The molecule has 5 fully saturated rings. The first-order chi connectivity index (χ1) is 19.6. The summed E-state index contributed by atoms with van der Waals surface area (Å²) < 4.78 is 0. The van der Waals surface area contributed by atoms with Crippen molar-refractivity contribution in [3.63, 3.8) is 0 Å². The summed E-state index contributed by atoms with van der Waals surface area (Å²) in [5.74, 6) is 10.6. The summed E-state index contributed by atoms with van der Waals surface area (Å²) in [5, 5.41) is 0. The van der Waals surface area contributed by atoms with E-state index in [2.05, 4.69) is 52.0 Å². The third-order valence-corrected chi connectivity index (χ3v) is 13.1. The van der Waals surface area contributed by atoms with Crippen LogP contribution in [0.4, 0.5) is 0 Å². The van der Waals surface area contributed by atoms with Crippen molar-refractivity contribution in [2.75, 3.05) is 0 Å². The first kappa shape index (κ1) is 40.4. The standard InChI is InChI=1S/C23H40.C17H30.3H2O.2H2/c1-3-4-5-19-8-12-21(13-9-19)23-16-14-22(15-17-23)20-10-6-18(2)7-11-20;1-3-4-5-15-8-12-17(13-9-15)16-10-6-14(2)7-11-16;;;;;/h3-4,18-23H,5-17H2,1-2H3;3-4,14-17H,5-13H2,1-2H3;3*1H2;2*1H/b2*4-3+;;;;;. The molecule has 0 aliphatic heterocycles. The van der Waals surface area contributed by atoms with E-state index in [4.69, 9.17) is 0 Å². The molecule has 0 spiro atoms. The second-order valence-electron chi connectivity index (χ2n) is 15.9. The van der Waals surface area contributed by atoms with E-state index in [0.29, 0.717) is 0 Å². The van der Waals surface area contributed by atoms with Gasteiger partial charge in [0.1, 0.15) is 0 Å². The molecule has 0 amide bonds. The molecule has 0 aromatic rings. The van der Waals surface area contributed by atoms with E-state index in [1.807, 2.05) is 0 Å². The van der Waals surface area contributed by atoms with Gasteiger partial charge in [-0.1, -0.05) is 63.8 Å². The second-order valence-corrected chi connectivity index (χ2v) is 15.9. The Kier molecular flexibility index (Phi) is 20.6. The number of rotatable bonds is 7. The highest BCUT2D eigenvalue weighted by atomic mass is 16.0. The van der Waals surface area contributed by atoms with Crippen LogP contribution in [0, 0.1) is 59.2 Å². The summed E-state index contributed by atoms with van der Waals surface area (Å²) >= 11 is 0. The monoisotopic (exact) mass is 609 g/mol. The summed E-state index contributed by atoms with van der Waals surface area (Å²) in [6, 6.07) is 0. The highest BCUT2D eigenvalue weighted by Gasteiger charge is 2.34. The summed E-state index contributed by atoms with van der Waals surface area (Å²) in [6.07, 6.45) is 42.5. The Hall–Kier alpha value is -0.640. The van der Waals surface area contributed by atoms with Crippen molar-refractivity contribution < 1.29 is 19.3 Å². The molecule has 0 heterocycles. The lowest BCUT2D eigenvalue weighted by Gasteiger charge is -2.41. The van der Waals surface area contributed by atoms with E-state index in [1.54, 1.807) is 51.4 Å². The predicted octanol–water partition coefficient (Wildman–Crippen LogP) is 11.0. The molecule has 5 rings (SSSR count). The van der Waals surface area contributed by atoms with Crippen LogP contribution in [0.2, 0.25) is 0 Å². The van der Waals surface area contributed by atoms with Gasteiger partial charge in [0.05, 0.1) is 0 Å². The van der Waals surface area contributed by atoms with Crippen molar-refractivity contribution in [1.82, 2.24) is 0 Å². The lowest BCUT2D eigenvalue weighted by Crippen LogP contribution is -2.29. The maximum atomic E-state index is 2.46. The van der Waals surface area contributed by atoms with Crippen LogP contribution in [0.3, 0.4) is 0 Å². The molecule has 43 heavy (non-hydrogen) atoms. The Bertz CT molecular complexity index is 718. The van der Waals surface area contributed by atoms with E-state index in [0.717, 1.165) is 59.2 Å². The van der Waals surface area contributed by atoms with Crippen LogP contribution in [-0.4, -0.2) is 16.4 Å². The van der Waals surface area contributed by atoms with Crippen LogP contribution in [0.15, 0.2) is 24.3 Å². The lowest BCUT2D eigenvalue weighted by molar-refractivity contribution is 0.106. The van der Waals surface area contributed by atoms with Gasteiger partial charge in [-0.3, -0.25) is 0 Å². The molecule has 5 saturated carbocycles. The van der Waals surface area contributed by atoms with Crippen LogP contribution in [0.25, 0.3) is 0 Å². The van der Waals surface area contributed by atoms with Crippen molar-refractivity contribution >= 4 is 0 Å². The van der Waals surface area contributed by atoms with Gasteiger partial charge in [-0.25, -0.2) is 0 Å². The SMILES string of the molecule is C/C=C/CC1CCC(C2CCC(C)CC2)CC1.C/C=C/CC1CCC(C2CCC(C3CCC(C)CC3)CC2)CC1.O.O.O.[HH].[HH]. The van der Waals surface area contributed by atoms with Crippen LogP contribution >= 0.6 is 0 Å². The van der Waals surface area contributed by atoms with E-state index >= 15 is 0 Å². The van der Waals surface area contributed by atoms with Gasteiger partial charge in [0, 0.05) is 2.85 Å². The van der Waals surface area contributed by atoms with E-state index in [9.17, 15) is 0 Å². The summed E-state index contributed by atoms with van der Waals surface area (Å²) in [6.45, 7) is 9.20. The molecule has 0 radical (unpaired) electrons. The van der Waals surface area contributed by atoms with Gasteiger partial charge in [0.2, 0.25) is 0 Å². The fourth-order valence-electron chi connectivity index (χ4n) is 10.1. The van der Waals surface area contributed by atoms with Gasteiger partial charge in [0.15, 0.2) is 0 Å². The Balaban J connectivity index is 0. The van der Waals surface area contributed by atoms with E-state index in [-0.39, 0.29) is 19.3 Å². The molecule has 3 heteroatoms. The Morgan fingerprint density at radius 2 is 0.581 bits per heavy atom. The van der Waals surface area contributed by atoms with E-state index < -0.39 is 0 Å². The smallest absolute Gasteiger partial charge is 0 e. The Labute approximate surface area is 271 Å². The van der Waals surface area contributed by atoms with Gasteiger partial charge in [-0.2, -0.15) is 0 Å². The molecular formula is C40H80O3. The Morgan fingerprint density at radius 3 is 0.814 bits per heavy atom. The predicted molar refractivity (Wildman–Crippen MR) is 193 cm³/mol. The molecule has 0 atom stereocenters. The largest absolute Gasteiger partial charge is 0.412 e. The highest BCUT2D eigenvalue weighted by molar-refractivity contribution is 4.88. The average molecular weight is 609 g/mol. The minimum atomic E-state index is 0. The molecule has 0 aromatic carbocycles. The molecule has 0 unspecified atom stereocenters. The third kappa shape index (κ3) is 13.3. The molecular weight excluding hydrogens is 528 g/mol. The van der Waals surface area contributed by atoms with E-state index in [1.165, 1.54) is 89.9 Å². The quantitative estimate of drug-likeness (QED) is 0.257. The summed E-state index contributed by atoms with van der Waals surface area (Å²) in [7, 11) is 0. The van der Waals surface area contributed by atoms with Gasteiger partial charge >= 0.3 is 0 Å². The fourth-order valence-corrected chi connectivity index (χ4v) is 10.1. The topological polar surface area (TPSA) is 94.5 Å². The zero-order valence-corrected chi connectivity index (χ0v) is 29.1. The van der Waals surface area contributed by atoms with Crippen LogP contribution in [0.5, 0.6) is 0 Å². The zero-order valence-electron chi connectivity index (χ0n) is 29.1. The van der Waals surface area contributed by atoms with Crippen LogP contribution in [-0.2, 0) is 0 Å². The minimum Gasteiger partial charge on any atom is -0.412 e. The fraction of sp³-hybridized carbons (Fsp3) is 0.900. The number of allylic oxidation sites excluding steroid dienone is 4. The molecule has 5 aliphatic rings. The molecule has 3 nitrogen and oxygen atoms in total. The Morgan fingerprint density at radius 1 is 0.372 bits per heavy atom. The van der Waals surface area contributed by atoms with Crippen molar-refractivity contribution in [3.05, 3.63) is 24.3 Å². The van der Waals surface area contributed by atoms with Crippen molar-refractivity contribution in [2.45, 2.75) is 169 Å². The van der Waals surface area contributed by atoms with Crippen LogP contribution in [0.1, 0.15) is 172 Å². The van der Waals surface area contributed by atoms with Gasteiger partial charge in [-0.15, -0.1) is 0 Å². The minimum absolute atomic E-state index is 0. The van der Waals surface area contributed by atoms with Crippen molar-refractivity contribution in [1.29, 1.82) is 0 Å². The molecule has 258 valence electrons. The maximum Gasteiger partial charge on any atom is 0 e. The molecule has 0 aromatic heterocycles. The van der Waals surface area contributed by atoms with Gasteiger partial charge in [-0.05, 0) is 189 Å². The van der Waals surface area contributed by atoms with Crippen molar-refractivity contribution in [3.8, 4) is 0 Å². The highest BCUT2D eigenvalue weighted by Crippen LogP contribution is 2.46. The second kappa shape index (κ2) is 22.0. The van der Waals surface area contributed by atoms with Crippen molar-refractivity contribution in [2.24, 2.45) is 59.2 Å². The average Bonchev–Trinajstić information content (AvgIpc) is 3.01. The normalized spacial score (nSPS) is 38.6. The molecule has 0 bridgehead atoms. The molecule has 6 N–H and O–H groups in total. The molecule has 0 saturated heterocycles. The number of hydrogen-bond donors (Lipinski definition) is 0. The van der Waals surface area contributed by atoms with Gasteiger partial charge < -0.3 is 16.4 Å².